The fourth-order valence-electron chi connectivity index (χ4n) is 5.60. The molecule has 0 saturated carbocycles. The minimum atomic E-state index is 0.309. The van der Waals surface area contributed by atoms with Gasteiger partial charge in [-0.1, -0.05) is 20.3 Å². The van der Waals surface area contributed by atoms with E-state index in [1.54, 1.807) is 0 Å². The lowest BCUT2D eigenvalue weighted by Gasteiger charge is -2.50. The van der Waals surface area contributed by atoms with Gasteiger partial charge in [-0.25, -0.2) is 0 Å². The summed E-state index contributed by atoms with van der Waals surface area (Å²) in [5, 5.41) is 3.84. The maximum atomic E-state index is 4.69. The number of rotatable bonds is 7. The molecular formula is C23H46N6. The van der Waals surface area contributed by atoms with Gasteiger partial charge in [0.05, 0.1) is 0 Å². The Hall–Kier alpha value is -0.850. The Balaban J connectivity index is 1.58. The first-order chi connectivity index (χ1) is 14.1. The van der Waals surface area contributed by atoms with Crippen LogP contribution in [-0.2, 0) is 0 Å². The average Bonchev–Trinajstić information content (AvgIpc) is 3.23. The van der Waals surface area contributed by atoms with E-state index in [1.807, 2.05) is 7.05 Å². The van der Waals surface area contributed by atoms with Crippen LogP contribution < -0.4 is 5.32 Å². The van der Waals surface area contributed by atoms with Crippen molar-refractivity contribution in [3.8, 4) is 0 Å². The average molecular weight is 407 g/mol. The van der Waals surface area contributed by atoms with Crippen LogP contribution >= 0.6 is 0 Å². The van der Waals surface area contributed by atoms with Crippen LogP contribution in [0.1, 0.15) is 52.4 Å². The molecule has 3 aliphatic heterocycles. The molecule has 3 rings (SSSR count). The van der Waals surface area contributed by atoms with E-state index in [0.29, 0.717) is 5.54 Å². The quantitative estimate of drug-likeness (QED) is 0.518. The summed E-state index contributed by atoms with van der Waals surface area (Å²) < 4.78 is 0. The number of hydrogen-bond acceptors (Lipinski definition) is 4. The Bertz CT molecular complexity index is 503. The van der Waals surface area contributed by atoms with Crippen molar-refractivity contribution < 1.29 is 0 Å². The van der Waals surface area contributed by atoms with Crippen molar-refractivity contribution >= 4 is 5.96 Å². The topological polar surface area (TPSA) is 37.4 Å². The maximum absolute atomic E-state index is 4.69. The largest absolute Gasteiger partial charge is 0.354 e. The van der Waals surface area contributed by atoms with Crippen LogP contribution in [0, 0.1) is 5.92 Å². The molecule has 6 nitrogen and oxygen atoms in total. The predicted octanol–water partition coefficient (Wildman–Crippen LogP) is 2.18. The zero-order valence-corrected chi connectivity index (χ0v) is 19.6. The number of likely N-dealkylation sites (tertiary alicyclic amines) is 3. The lowest BCUT2D eigenvalue weighted by molar-refractivity contribution is 0.0170. The highest BCUT2D eigenvalue weighted by Gasteiger charge is 2.40. The van der Waals surface area contributed by atoms with Gasteiger partial charge < -0.3 is 20.0 Å². The van der Waals surface area contributed by atoms with Gasteiger partial charge in [-0.3, -0.25) is 9.89 Å². The highest BCUT2D eigenvalue weighted by molar-refractivity contribution is 5.80. The van der Waals surface area contributed by atoms with Gasteiger partial charge in [0, 0.05) is 38.8 Å². The second kappa shape index (κ2) is 11.0. The minimum Gasteiger partial charge on any atom is -0.354 e. The van der Waals surface area contributed by atoms with Crippen molar-refractivity contribution in [2.75, 3.05) is 79.5 Å². The molecule has 0 bridgehead atoms. The number of aliphatic imine (C=N–C) groups is 1. The molecule has 1 atom stereocenters. The molecule has 3 aliphatic rings. The Labute approximate surface area is 179 Å². The standard InChI is InChI=1S/C23H46N6/c1-5-27(6-2)18-21-10-15-28(19-21)22(24-3)25-20-23(11-16-26(4)17-12-23)29-13-8-7-9-14-29/h21H,5-20H2,1-4H3,(H,24,25). The van der Waals surface area contributed by atoms with E-state index in [2.05, 4.69) is 50.8 Å². The third kappa shape index (κ3) is 5.86. The lowest BCUT2D eigenvalue weighted by Crippen LogP contribution is -2.62. The van der Waals surface area contributed by atoms with E-state index in [4.69, 9.17) is 0 Å². The SMILES string of the molecule is CCN(CC)CC1CCN(C(=NC)NCC2(N3CCCCC3)CCN(C)CC2)C1. The monoisotopic (exact) mass is 406 g/mol. The van der Waals surface area contributed by atoms with Crippen LogP contribution in [-0.4, -0.2) is 111 Å². The molecular weight excluding hydrogens is 360 g/mol. The molecule has 29 heavy (non-hydrogen) atoms. The molecule has 0 spiro atoms. The summed E-state index contributed by atoms with van der Waals surface area (Å²) in [6, 6.07) is 0. The predicted molar refractivity (Wildman–Crippen MR) is 124 cm³/mol. The summed E-state index contributed by atoms with van der Waals surface area (Å²) in [4.78, 5) is 15.1. The number of piperidine rings is 2. The van der Waals surface area contributed by atoms with Crippen LogP contribution in [0.4, 0.5) is 0 Å². The van der Waals surface area contributed by atoms with E-state index >= 15 is 0 Å². The van der Waals surface area contributed by atoms with E-state index in [9.17, 15) is 0 Å². The smallest absolute Gasteiger partial charge is 0.193 e. The van der Waals surface area contributed by atoms with E-state index in [0.717, 1.165) is 44.6 Å². The molecule has 0 aromatic rings. The van der Waals surface area contributed by atoms with Crippen LogP contribution in [0.25, 0.3) is 0 Å². The third-order valence-electron chi connectivity index (χ3n) is 7.73. The first-order valence-corrected chi connectivity index (χ1v) is 12.2. The van der Waals surface area contributed by atoms with Crippen molar-refractivity contribution in [2.45, 2.75) is 57.9 Å². The van der Waals surface area contributed by atoms with Crippen LogP contribution in [0.15, 0.2) is 4.99 Å². The Morgan fingerprint density at radius 2 is 1.72 bits per heavy atom. The van der Waals surface area contributed by atoms with Gasteiger partial charge in [-0.15, -0.1) is 0 Å². The van der Waals surface area contributed by atoms with Crippen LogP contribution in [0.5, 0.6) is 0 Å². The molecule has 0 aromatic carbocycles. The number of guanidine groups is 1. The summed E-state index contributed by atoms with van der Waals surface area (Å²) >= 11 is 0. The molecule has 0 amide bonds. The van der Waals surface area contributed by atoms with Crippen molar-refractivity contribution in [2.24, 2.45) is 10.9 Å². The second-order valence-electron chi connectivity index (χ2n) is 9.56. The van der Waals surface area contributed by atoms with Crippen LogP contribution in [0.3, 0.4) is 0 Å². The van der Waals surface area contributed by atoms with Gasteiger partial charge in [0.2, 0.25) is 0 Å². The minimum absolute atomic E-state index is 0.309. The number of nitrogens with one attached hydrogen (secondary N) is 1. The molecule has 0 aromatic heterocycles. The Morgan fingerprint density at radius 3 is 2.34 bits per heavy atom. The van der Waals surface area contributed by atoms with E-state index < -0.39 is 0 Å². The summed E-state index contributed by atoms with van der Waals surface area (Å²) in [5.41, 5.74) is 0.309. The van der Waals surface area contributed by atoms with Crippen molar-refractivity contribution in [3.05, 3.63) is 0 Å². The molecule has 3 fully saturated rings. The van der Waals surface area contributed by atoms with Gasteiger partial charge in [-0.05, 0) is 84.3 Å². The highest BCUT2D eigenvalue weighted by Crippen LogP contribution is 2.31. The van der Waals surface area contributed by atoms with E-state index in [1.165, 1.54) is 71.2 Å². The first-order valence-electron chi connectivity index (χ1n) is 12.2. The summed E-state index contributed by atoms with van der Waals surface area (Å²) in [6.07, 6.45) is 7.98. The van der Waals surface area contributed by atoms with Crippen LogP contribution in [0.2, 0.25) is 0 Å². The number of nitrogens with zero attached hydrogens (tertiary/aromatic N) is 5. The molecule has 0 radical (unpaired) electrons. The van der Waals surface area contributed by atoms with Gasteiger partial charge in [0.25, 0.3) is 0 Å². The normalized spacial score (nSPS) is 27.0. The number of hydrogen-bond donors (Lipinski definition) is 1. The maximum Gasteiger partial charge on any atom is 0.193 e. The Morgan fingerprint density at radius 1 is 1.03 bits per heavy atom. The van der Waals surface area contributed by atoms with Crippen molar-refractivity contribution in [1.82, 2.24) is 24.9 Å². The highest BCUT2D eigenvalue weighted by atomic mass is 15.3. The van der Waals surface area contributed by atoms with Gasteiger partial charge in [-0.2, -0.15) is 0 Å². The molecule has 6 heteroatoms. The molecule has 0 aliphatic carbocycles. The molecule has 168 valence electrons. The Kier molecular flexibility index (Phi) is 8.63. The van der Waals surface area contributed by atoms with Gasteiger partial charge >= 0.3 is 0 Å². The fraction of sp³-hybridized carbons (Fsp3) is 0.957. The lowest BCUT2D eigenvalue weighted by atomic mass is 9.84. The molecule has 1 unspecified atom stereocenters. The van der Waals surface area contributed by atoms with Gasteiger partial charge in [0.1, 0.15) is 0 Å². The summed E-state index contributed by atoms with van der Waals surface area (Å²) in [5.74, 6) is 1.90. The van der Waals surface area contributed by atoms with E-state index in [-0.39, 0.29) is 0 Å². The zero-order chi connectivity index (χ0) is 20.7. The van der Waals surface area contributed by atoms with Crippen molar-refractivity contribution in [3.63, 3.8) is 0 Å². The zero-order valence-electron chi connectivity index (χ0n) is 19.6. The summed E-state index contributed by atoms with van der Waals surface area (Å²) in [6.45, 7) is 16.4. The summed E-state index contributed by atoms with van der Waals surface area (Å²) in [7, 11) is 4.23. The molecule has 3 saturated heterocycles. The fourth-order valence-corrected chi connectivity index (χ4v) is 5.60. The molecule has 1 N–H and O–H groups in total. The van der Waals surface area contributed by atoms with Crippen molar-refractivity contribution in [1.29, 1.82) is 0 Å². The second-order valence-corrected chi connectivity index (χ2v) is 9.56. The third-order valence-corrected chi connectivity index (χ3v) is 7.73. The molecule has 3 heterocycles. The van der Waals surface area contributed by atoms with Gasteiger partial charge in [0.15, 0.2) is 5.96 Å². The first kappa shape index (κ1) is 22.8.